The van der Waals surface area contributed by atoms with Gasteiger partial charge < -0.3 is 9.64 Å². The Labute approximate surface area is 132 Å². The Bertz CT molecular complexity index is 599. The molecule has 2 aliphatic heterocycles. The summed E-state index contributed by atoms with van der Waals surface area (Å²) >= 11 is 0. The second-order valence-electron chi connectivity index (χ2n) is 6.27. The fourth-order valence-electron chi connectivity index (χ4n) is 3.28. The maximum absolute atomic E-state index is 12.8. The first-order valence-corrected chi connectivity index (χ1v) is 9.41. The van der Waals surface area contributed by atoms with Crippen LogP contribution in [-0.4, -0.2) is 51.1 Å². The average Bonchev–Trinajstić information content (AvgIpc) is 3.00. The van der Waals surface area contributed by atoms with Crippen LogP contribution in [0.3, 0.4) is 0 Å². The lowest BCUT2D eigenvalue weighted by atomic mass is 10.3. The molecule has 2 saturated heterocycles. The molecule has 0 radical (unpaired) electrons. The maximum Gasteiger partial charge on any atom is 0.243 e. The van der Waals surface area contributed by atoms with E-state index in [1.54, 1.807) is 12.1 Å². The van der Waals surface area contributed by atoms with Crippen molar-refractivity contribution >= 4 is 15.7 Å². The van der Waals surface area contributed by atoms with E-state index in [1.807, 2.05) is 26.0 Å². The quantitative estimate of drug-likeness (QED) is 0.854. The van der Waals surface area contributed by atoms with Crippen molar-refractivity contribution in [1.82, 2.24) is 4.31 Å². The van der Waals surface area contributed by atoms with Crippen molar-refractivity contribution in [2.24, 2.45) is 0 Å². The molecule has 2 atom stereocenters. The van der Waals surface area contributed by atoms with Crippen LogP contribution in [0.1, 0.15) is 26.7 Å². The summed E-state index contributed by atoms with van der Waals surface area (Å²) in [5.41, 5.74) is 1.11. The minimum absolute atomic E-state index is 0.0672. The van der Waals surface area contributed by atoms with E-state index in [1.165, 1.54) is 17.1 Å². The molecule has 0 amide bonds. The van der Waals surface area contributed by atoms with E-state index in [4.69, 9.17) is 4.74 Å². The molecule has 2 unspecified atom stereocenters. The lowest BCUT2D eigenvalue weighted by Crippen LogP contribution is -2.48. The molecular weight excluding hydrogens is 300 g/mol. The highest BCUT2D eigenvalue weighted by molar-refractivity contribution is 7.89. The summed E-state index contributed by atoms with van der Waals surface area (Å²) in [6, 6.07) is 7.30. The average molecular weight is 324 g/mol. The molecule has 1 aromatic carbocycles. The molecule has 122 valence electrons. The van der Waals surface area contributed by atoms with Gasteiger partial charge in [0.25, 0.3) is 0 Å². The molecular formula is C16H24N2O3S. The van der Waals surface area contributed by atoms with E-state index in [0.29, 0.717) is 18.0 Å². The Balaban J connectivity index is 1.79. The predicted octanol–water partition coefficient (Wildman–Crippen LogP) is 2.08. The summed E-state index contributed by atoms with van der Waals surface area (Å²) in [4.78, 5) is 2.67. The Morgan fingerprint density at radius 3 is 2.09 bits per heavy atom. The third-order valence-electron chi connectivity index (χ3n) is 4.33. The van der Waals surface area contributed by atoms with Gasteiger partial charge in [0, 0.05) is 31.9 Å². The van der Waals surface area contributed by atoms with Crippen molar-refractivity contribution in [3.8, 4) is 0 Å². The van der Waals surface area contributed by atoms with Crippen LogP contribution in [0.15, 0.2) is 29.2 Å². The van der Waals surface area contributed by atoms with Gasteiger partial charge in [0.1, 0.15) is 0 Å². The first kappa shape index (κ1) is 15.8. The van der Waals surface area contributed by atoms with Gasteiger partial charge in [-0.05, 0) is 51.0 Å². The van der Waals surface area contributed by atoms with Crippen molar-refractivity contribution in [3.63, 3.8) is 0 Å². The number of benzene rings is 1. The van der Waals surface area contributed by atoms with Crippen LogP contribution >= 0.6 is 0 Å². The highest BCUT2D eigenvalue weighted by Crippen LogP contribution is 2.25. The van der Waals surface area contributed by atoms with Gasteiger partial charge in [-0.15, -0.1) is 0 Å². The number of nitrogens with zero attached hydrogens (tertiary/aromatic N) is 2. The molecule has 0 saturated carbocycles. The molecule has 2 fully saturated rings. The van der Waals surface area contributed by atoms with Crippen molar-refractivity contribution in [1.29, 1.82) is 0 Å². The van der Waals surface area contributed by atoms with Gasteiger partial charge in [-0.25, -0.2) is 8.42 Å². The fourth-order valence-corrected chi connectivity index (χ4v) is 4.87. The van der Waals surface area contributed by atoms with Crippen LogP contribution in [0, 0.1) is 0 Å². The Morgan fingerprint density at radius 1 is 1.00 bits per heavy atom. The van der Waals surface area contributed by atoms with Gasteiger partial charge in [0.15, 0.2) is 0 Å². The summed E-state index contributed by atoms with van der Waals surface area (Å²) in [7, 11) is -3.43. The molecule has 0 aromatic heterocycles. The Hall–Kier alpha value is -1.11. The zero-order valence-electron chi connectivity index (χ0n) is 13.2. The zero-order valence-corrected chi connectivity index (χ0v) is 14.1. The number of sulfonamides is 1. The van der Waals surface area contributed by atoms with Gasteiger partial charge in [-0.3, -0.25) is 0 Å². The van der Waals surface area contributed by atoms with E-state index >= 15 is 0 Å². The maximum atomic E-state index is 12.8. The predicted molar refractivity (Wildman–Crippen MR) is 86.7 cm³/mol. The summed E-state index contributed by atoms with van der Waals surface area (Å²) in [5.74, 6) is 0. The number of hydrogen-bond acceptors (Lipinski definition) is 4. The molecule has 0 aliphatic carbocycles. The normalized spacial score (nSPS) is 27.3. The first-order valence-electron chi connectivity index (χ1n) is 7.97. The van der Waals surface area contributed by atoms with E-state index in [9.17, 15) is 8.42 Å². The third kappa shape index (κ3) is 3.14. The van der Waals surface area contributed by atoms with Crippen LogP contribution in [-0.2, 0) is 14.8 Å². The van der Waals surface area contributed by atoms with Gasteiger partial charge in [0.05, 0.1) is 17.1 Å². The molecule has 3 rings (SSSR count). The number of morpholine rings is 1. The second kappa shape index (κ2) is 6.18. The molecule has 5 nitrogen and oxygen atoms in total. The van der Waals surface area contributed by atoms with E-state index < -0.39 is 10.0 Å². The highest BCUT2D eigenvalue weighted by atomic mass is 32.2. The van der Waals surface area contributed by atoms with Crippen molar-refractivity contribution in [3.05, 3.63) is 24.3 Å². The highest BCUT2D eigenvalue weighted by Gasteiger charge is 2.32. The standard InChI is InChI=1S/C16H24N2O3S/c1-13-11-18(12-14(2)21-13)22(19,20)16-7-5-15(6-8-16)17-9-3-4-10-17/h5-8,13-14H,3-4,9-12H2,1-2H3. The molecule has 0 spiro atoms. The van der Waals surface area contributed by atoms with Crippen molar-refractivity contribution in [2.75, 3.05) is 31.1 Å². The van der Waals surface area contributed by atoms with Gasteiger partial charge in [-0.2, -0.15) is 4.31 Å². The first-order chi connectivity index (χ1) is 10.5. The summed E-state index contributed by atoms with van der Waals surface area (Å²) in [5, 5.41) is 0. The van der Waals surface area contributed by atoms with E-state index in [2.05, 4.69) is 4.90 Å². The monoisotopic (exact) mass is 324 g/mol. The molecule has 0 N–H and O–H groups in total. The van der Waals surface area contributed by atoms with E-state index in [0.717, 1.165) is 18.8 Å². The number of ether oxygens (including phenoxy) is 1. The Kier molecular flexibility index (Phi) is 4.43. The van der Waals surface area contributed by atoms with E-state index in [-0.39, 0.29) is 12.2 Å². The van der Waals surface area contributed by atoms with Gasteiger partial charge in [0.2, 0.25) is 10.0 Å². The zero-order chi connectivity index (χ0) is 15.7. The minimum atomic E-state index is -3.43. The minimum Gasteiger partial charge on any atom is -0.373 e. The summed E-state index contributed by atoms with van der Waals surface area (Å²) in [6.45, 7) is 6.78. The molecule has 1 aromatic rings. The topological polar surface area (TPSA) is 49.9 Å². The van der Waals surface area contributed by atoms with Crippen LogP contribution in [0.4, 0.5) is 5.69 Å². The molecule has 0 bridgehead atoms. The number of hydrogen-bond donors (Lipinski definition) is 0. The molecule has 6 heteroatoms. The lowest BCUT2D eigenvalue weighted by Gasteiger charge is -2.34. The van der Waals surface area contributed by atoms with Gasteiger partial charge >= 0.3 is 0 Å². The van der Waals surface area contributed by atoms with Crippen LogP contribution < -0.4 is 4.90 Å². The van der Waals surface area contributed by atoms with Crippen molar-refractivity contribution < 1.29 is 13.2 Å². The summed E-state index contributed by atoms with van der Waals surface area (Å²) < 4.78 is 32.7. The largest absolute Gasteiger partial charge is 0.373 e. The number of rotatable bonds is 3. The SMILES string of the molecule is CC1CN(S(=O)(=O)c2ccc(N3CCCC3)cc2)CC(C)O1. The Morgan fingerprint density at radius 2 is 1.55 bits per heavy atom. The number of anilines is 1. The summed E-state index contributed by atoms with van der Waals surface area (Å²) in [6.07, 6.45) is 2.29. The molecule has 2 aliphatic rings. The van der Waals surface area contributed by atoms with Crippen molar-refractivity contribution in [2.45, 2.75) is 43.8 Å². The van der Waals surface area contributed by atoms with Crippen LogP contribution in [0.5, 0.6) is 0 Å². The fraction of sp³-hybridized carbons (Fsp3) is 0.625. The van der Waals surface area contributed by atoms with Crippen LogP contribution in [0.2, 0.25) is 0 Å². The molecule has 22 heavy (non-hydrogen) atoms. The second-order valence-corrected chi connectivity index (χ2v) is 8.21. The lowest BCUT2D eigenvalue weighted by molar-refractivity contribution is -0.0440. The smallest absolute Gasteiger partial charge is 0.243 e. The van der Waals surface area contributed by atoms with Crippen LogP contribution in [0.25, 0.3) is 0 Å². The molecule has 2 heterocycles. The van der Waals surface area contributed by atoms with Gasteiger partial charge in [-0.1, -0.05) is 0 Å². The third-order valence-corrected chi connectivity index (χ3v) is 6.18.